The highest BCUT2D eigenvalue weighted by atomic mass is 32.2. The summed E-state index contributed by atoms with van der Waals surface area (Å²) < 4.78 is 0. The molecule has 1 saturated heterocycles. The molecule has 2 atom stereocenters. The van der Waals surface area contributed by atoms with E-state index in [-0.39, 0.29) is 6.04 Å². The van der Waals surface area contributed by atoms with Gasteiger partial charge in [0.2, 0.25) is 0 Å². The Morgan fingerprint density at radius 1 is 1.36 bits per heavy atom. The Morgan fingerprint density at radius 3 is 2.88 bits per heavy atom. The van der Waals surface area contributed by atoms with Crippen LogP contribution in [0.5, 0.6) is 0 Å². The second kappa shape index (κ2) is 6.62. The molecular weight excluding hydrogens is 332 g/mol. The van der Waals surface area contributed by atoms with Crippen molar-refractivity contribution in [3.05, 3.63) is 29.2 Å². The predicted molar refractivity (Wildman–Crippen MR) is 98.0 cm³/mol. The summed E-state index contributed by atoms with van der Waals surface area (Å²) in [5.74, 6) is 1.30. The van der Waals surface area contributed by atoms with E-state index in [4.69, 9.17) is 5.73 Å². The molecule has 0 saturated carbocycles. The van der Waals surface area contributed by atoms with Gasteiger partial charge in [-0.3, -0.25) is 0 Å². The molecule has 25 heavy (non-hydrogen) atoms. The first kappa shape index (κ1) is 16.3. The van der Waals surface area contributed by atoms with Gasteiger partial charge in [0.15, 0.2) is 5.16 Å². The van der Waals surface area contributed by atoms with Crippen LogP contribution in [0.15, 0.2) is 17.6 Å². The highest BCUT2D eigenvalue weighted by Crippen LogP contribution is 2.43. The number of thioether (sulfide) groups is 1. The average Bonchev–Trinajstić information content (AvgIpc) is 3.01. The monoisotopic (exact) mass is 352 g/mol. The van der Waals surface area contributed by atoms with Crippen molar-refractivity contribution < 1.29 is 0 Å². The summed E-state index contributed by atoms with van der Waals surface area (Å²) >= 11 is 1.64. The molecule has 7 heteroatoms. The molecule has 2 bridgehead atoms. The Morgan fingerprint density at radius 2 is 2.16 bits per heavy atom. The summed E-state index contributed by atoms with van der Waals surface area (Å²) in [6.07, 6.45) is 7.75. The fourth-order valence-electron chi connectivity index (χ4n) is 3.77. The molecule has 4 heterocycles. The Balaban J connectivity index is 1.83. The van der Waals surface area contributed by atoms with Crippen LogP contribution in [-0.4, -0.2) is 26.7 Å². The van der Waals surface area contributed by atoms with E-state index in [0.717, 1.165) is 59.0 Å². The molecule has 2 aliphatic heterocycles. The maximum absolute atomic E-state index is 9.67. The first-order valence-corrected chi connectivity index (χ1v) is 9.63. The van der Waals surface area contributed by atoms with E-state index in [2.05, 4.69) is 33.3 Å². The normalized spacial score (nSPS) is 21.0. The van der Waals surface area contributed by atoms with Gasteiger partial charge in [0.05, 0.1) is 0 Å². The topological polar surface area (TPSA) is 101 Å². The molecule has 2 aromatic heterocycles. The van der Waals surface area contributed by atoms with E-state index in [9.17, 15) is 5.26 Å². The van der Waals surface area contributed by atoms with Crippen LogP contribution >= 0.6 is 11.8 Å². The average molecular weight is 352 g/mol. The molecule has 6 nitrogen and oxygen atoms in total. The molecule has 1 fully saturated rings. The minimum absolute atomic E-state index is 0.234. The summed E-state index contributed by atoms with van der Waals surface area (Å²) in [6, 6.07) is 2.94. The van der Waals surface area contributed by atoms with Crippen molar-refractivity contribution in [1.82, 2.24) is 20.3 Å². The number of pyridine rings is 1. The molecule has 0 unspecified atom stereocenters. The standard InChI is InChI=1S/C18H20N6S/c1-2-5-25-18-21-8-10(9-22-18)15-12(7-19)17(20)24-14-6-11-3-4-13(23-11)16(14)15/h8-9,11,13,23H,2-6H2,1H3,(H2,20,24)/t11-,13+/m0/s1. The maximum Gasteiger partial charge on any atom is 0.187 e. The number of nitrogens with zero attached hydrogens (tertiary/aromatic N) is 4. The number of nitrogen functional groups attached to an aromatic ring is 1. The van der Waals surface area contributed by atoms with Crippen molar-refractivity contribution in [1.29, 1.82) is 5.26 Å². The van der Waals surface area contributed by atoms with E-state index in [1.807, 2.05) is 12.4 Å². The zero-order valence-corrected chi connectivity index (χ0v) is 14.9. The Kier molecular flexibility index (Phi) is 4.32. The van der Waals surface area contributed by atoms with Crippen LogP contribution in [0.4, 0.5) is 5.82 Å². The smallest absolute Gasteiger partial charge is 0.187 e. The second-order valence-corrected chi connectivity index (χ2v) is 7.58. The zero-order valence-electron chi connectivity index (χ0n) is 14.1. The number of nitriles is 1. The quantitative estimate of drug-likeness (QED) is 0.644. The third kappa shape index (κ3) is 2.86. The highest BCUT2D eigenvalue weighted by molar-refractivity contribution is 7.99. The fourth-order valence-corrected chi connectivity index (χ4v) is 4.41. The second-order valence-electron chi connectivity index (χ2n) is 6.52. The van der Waals surface area contributed by atoms with E-state index < -0.39 is 0 Å². The highest BCUT2D eigenvalue weighted by Gasteiger charge is 2.36. The van der Waals surface area contributed by atoms with Crippen LogP contribution in [-0.2, 0) is 6.42 Å². The van der Waals surface area contributed by atoms with Gasteiger partial charge in [-0.15, -0.1) is 0 Å². The summed E-state index contributed by atoms with van der Waals surface area (Å²) in [5.41, 5.74) is 10.4. The van der Waals surface area contributed by atoms with Crippen LogP contribution in [0.2, 0.25) is 0 Å². The van der Waals surface area contributed by atoms with Crippen LogP contribution in [0.1, 0.15) is 49.0 Å². The molecule has 0 amide bonds. The fraction of sp³-hybridized carbons (Fsp3) is 0.444. The lowest BCUT2D eigenvalue weighted by atomic mass is 9.89. The van der Waals surface area contributed by atoms with Gasteiger partial charge >= 0.3 is 0 Å². The van der Waals surface area contributed by atoms with E-state index in [1.165, 1.54) is 0 Å². The number of nitrogens with two attached hydrogens (primary N) is 1. The molecule has 0 spiro atoms. The van der Waals surface area contributed by atoms with Crippen molar-refractivity contribution in [2.24, 2.45) is 0 Å². The van der Waals surface area contributed by atoms with Crippen molar-refractivity contribution in [3.8, 4) is 17.2 Å². The SMILES string of the molecule is CCCSc1ncc(-c2c(C#N)c(N)nc3c2[C@H]2CC[C@@H](C3)N2)cn1. The van der Waals surface area contributed by atoms with Crippen LogP contribution < -0.4 is 11.1 Å². The number of nitrogens with one attached hydrogen (secondary N) is 1. The van der Waals surface area contributed by atoms with Crippen LogP contribution in [0.25, 0.3) is 11.1 Å². The first-order chi connectivity index (χ1) is 12.2. The molecule has 0 radical (unpaired) electrons. The largest absolute Gasteiger partial charge is 0.383 e. The number of anilines is 1. The summed E-state index contributed by atoms with van der Waals surface area (Å²) in [6.45, 7) is 2.13. The minimum atomic E-state index is 0.234. The van der Waals surface area contributed by atoms with Gasteiger partial charge in [-0.25, -0.2) is 15.0 Å². The maximum atomic E-state index is 9.67. The third-order valence-corrected chi connectivity index (χ3v) is 5.92. The van der Waals surface area contributed by atoms with Gasteiger partial charge in [0, 0.05) is 59.0 Å². The lowest BCUT2D eigenvalue weighted by Gasteiger charge is -2.27. The lowest BCUT2D eigenvalue weighted by Crippen LogP contribution is -2.33. The molecular formula is C18H20N6S. The van der Waals surface area contributed by atoms with E-state index in [0.29, 0.717) is 17.4 Å². The van der Waals surface area contributed by atoms with Gasteiger partial charge in [0.1, 0.15) is 17.5 Å². The summed E-state index contributed by atoms with van der Waals surface area (Å²) in [4.78, 5) is 13.5. The van der Waals surface area contributed by atoms with Crippen molar-refractivity contribution in [2.75, 3.05) is 11.5 Å². The van der Waals surface area contributed by atoms with Gasteiger partial charge in [-0.1, -0.05) is 18.7 Å². The van der Waals surface area contributed by atoms with Crippen LogP contribution in [0, 0.1) is 11.3 Å². The number of hydrogen-bond acceptors (Lipinski definition) is 7. The van der Waals surface area contributed by atoms with E-state index in [1.54, 1.807) is 11.8 Å². The predicted octanol–water partition coefficient (Wildman–Crippen LogP) is 2.84. The molecule has 3 N–H and O–H groups in total. The van der Waals surface area contributed by atoms with Gasteiger partial charge in [-0.2, -0.15) is 5.26 Å². The van der Waals surface area contributed by atoms with Crippen molar-refractivity contribution in [3.63, 3.8) is 0 Å². The summed E-state index contributed by atoms with van der Waals surface area (Å²) in [7, 11) is 0. The number of aromatic nitrogens is 3. The number of rotatable bonds is 4. The molecule has 4 rings (SSSR count). The Hall–Kier alpha value is -2.17. The lowest BCUT2D eigenvalue weighted by molar-refractivity contribution is 0.508. The van der Waals surface area contributed by atoms with Gasteiger partial charge in [0.25, 0.3) is 0 Å². The molecule has 0 aromatic carbocycles. The summed E-state index contributed by atoms with van der Waals surface area (Å²) in [5, 5.41) is 14.1. The molecule has 128 valence electrons. The van der Waals surface area contributed by atoms with Gasteiger partial charge < -0.3 is 11.1 Å². The number of hydrogen-bond donors (Lipinski definition) is 2. The zero-order chi connectivity index (χ0) is 17.4. The van der Waals surface area contributed by atoms with Gasteiger partial charge in [-0.05, 0) is 19.3 Å². The Bertz CT molecular complexity index is 842. The molecule has 2 aliphatic rings. The van der Waals surface area contributed by atoms with Crippen molar-refractivity contribution >= 4 is 17.6 Å². The first-order valence-electron chi connectivity index (χ1n) is 8.64. The van der Waals surface area contributed by atoms with E-state index >= 15 is 0 Å². The Labute approximate surface area is 151 Å². The molecule has 2 aromatic rings. The third-order valence-electron chi connectivity index (χ3n) is 4.83. The number of fused-ring (bicyclic) bond motifs is 4. The minimum Gasteiger partial charge on any atom is -0.383 e. The van der Waals surface area contributed by atoms with Crippen LogP contribution in [0.3, 0.4) is 0 Å². The molecule has 0 aliphatic carbocycles. The van der Waals surface area contributed by atoms with Crippen molar-refractivity contribution in [2.45, 2.75) is 49.8 Å².